The lowest BCUT2D eigenvalue weighted by Gasteiger charge is -2.05. The molecule has 0 saturated carbocycles. The number of carbonyl (C=O) groups is 1. The largest absolute Gasteiger partial charge is 0.416 e. The van der Waals surface area contributed by atoms with E-state index in [2.05, 4.69) is 4.98 Å². The van der Waals surface area contributed by atoms with Gasteiger partial charge < -0.3 is 0 Å². The Morgan fingerprint density at radius 3 is 2.33 bits per heavy atom. The Hall–Kier alpha value is -2.14. The lowest BCUT2D eigenvalue weighted by atomic mass is 10.1. The molecule has 0 fully saturated rings. The van der Waals surface area contributed by atoms with Crippen molar-refractivity contribution < 1.29 is 18.0 Å². The quantitative estimate of drug-likeness (QED) is 0.469. The molecule has 108 valence electrons. The third kappa shape index (κ3) is 4.16. The third-order valence-corrected chi connectivity index (χ3v) is 2.84. The molecule has 0 unspecified atom stereocenters. The number of rotatable bonds is 3. The van der Waals surface area contributed by atoms with Crippen LogP contribution < -0.4 is 0 Å². The molecule has 1 aromatic carbocycles. The van der Waals surface area contributed by atoms with Crippen molar-refractivity contribution in [2.45, 2.75) is 6.18 Å². The van der Waals surface area contributed by atoms with Crippen LogP contribution in [0.15, 0.2) is 48.5 Å². The number of hydrogen-bond donors (Lipinski definition) is 0. The smallest absolute Gasteiger partial charge is 0.288 e. The van der Waals surface area contributed by atoms with Crippen LogP contribution in [0.5, 0.6) is 0 Å². The molecule has 6 heteroatoms. The summed E-state index contributed by atoms with van der Waals surface area (Å²) in [5.41, 5.74) is -0.0773. The predicted octanol–water partition coefficient (Wildman–Crippen LogP) is 4.65. The minimum Gasteiger partial charge on any atom is -0.288 e. The van der Waals surface area contributed by atoms with Crippen molar-refractivity contribution in [3.05, 3.63) is 70.5 Å². The standard InChI is InChI=1S/C15H9ClF3NO/c16-14-3-1-2-12(20-14)13(21)9-6-10-4-7-11(8-5-10)15(17,18)19/h1-9H. The molecular weight excluding hydrogens is 303 g/mol. The van der Waals surface area contributed by atoms with Crippen molar-refractivity contribution in [2.24, 2.45) is 0 Å². The summed E-state index contributed by atoms with van der Waals surface area (Å²) in [5, 5.41) is 0.198. The Balaban J connectivity index is 2.12. The van der Waals surface area contributed by atoms with Crippen molar-refractivity contribution >= 4 is 23.5 Å². The maximum atomic E-state index is 12.4. The van der Waals surface area contributed by atoms with E-state index in [9.17, 15) is 18.0 Å². The first-order valence-electron chi connectivity index (χ1n) is 5.88. The summed E-state index contributed by atoms with van der Waals surface area (Å²) in [6.07, 6.45) is -1.71. The molecule has 0 atom stereocenters. The van der Waals surface area contributed by atoms with E-state index in [-0.39, 0.29) is 16.6 Å². The Morgan fingerprint density at radius 1 is 1.10 bits per heavy atom. The minimum absolute atomic E-state index is 0.172. The van der Waals surface area contributed by atoms with Crippen molar-refractivity contribution in [1.82, 2.24) is 4.98 Å². The van der Waals surface area contributed by atoms with Gasteiger partial charge >= 0.3 is 6.18 Å². The van der Waals surface area contributed by atoms with Gasteiger partial charge in [-0.05, 0) is 35.9 Å². The predicted molar refractivity (Wildman–Crippen MR) is 74.1 cm³/mol. The second kappa shape index (κ2) is 6.10. The SMILES string of the molecule is O=C(C=Cc1ccc(C(F)(F)F)cc1)c1cccc(Cl)n1. The fourth-order valence-corrected chi connectivity index (χ4v) is 1.75. The number of nitrogens with zero attached hydrogens (tertiary/aromatic N) is 1. The second-order valence-corrected chi connectivity index (χ2v) is 4.55. The van der Waals surface area contributed by atoms with Gasteiger partial charge in [0.05, 0.1) is 5.56 Å². The number of hydrogen-bond acceptors (Lipinski definition) is 2. The minimum atomic E-state index is -4.37. The first-order valence-corrected chi connectivity index (χ1v) is 6.26. The summed E-state index contributed by atoms with van der Waals surface area (Å²) < 4.78 is 37.2. The molecule has 2 aromatic rings. The normalized spacial score (nSPS) is 11.8. The van der Waals surface area contributed by atoms with Gasteiger partial charge in [-0.15, -0.1) is 0 Å². The van der Waals surface area contributed by atoms with Crippen molar-refractivity contribution in [3.8, 4) is 0 Å². The van der Waals surface area contributed by atoms with Crippen LogP contribution in [0.4, 0.5) is 13.2 Å². The van der Waals surface area contributed by atoms with Crippen LogP contribution in [-0.2, 0) is 6.18 Å². The molecular formula is C15H9ClF3NO. The molecule has 0 amide bonds. The number of pyridine rings is 1. The monoisotopic (exact) mass is 311 g/mol. The summed E-state index contributed by atoms with van der Waals surface area (Å²) in [7, 11) is 0. The van der Waals surface area contributed by atoms with Gasteiger partial charge in [0.15, 0.2) is 0 Å². The van der Waals surface area contributed by atoms with E-state index >= 15 is 0 Å². The van der Waals surface area contributed by atoms with E-state index in [4.69, 9.17) is 11.6 Å². The van der Waals surface area contributed by atoms with E-state index in [1.807, 2.05) is 0 Å². The molecule has 0 radical (unpaired) electrons. The Bertz CT molecular complexity index is 678. The maximum absolute atomic E-state index is 12.4. The van der Waals surface area contributed by atoms with Gasteiger partial charge in [-0.3, -0.25) is 4.79 Å². The molecule has 0 bridgehead atoms. The number of ketones is 1. The van der Waals surface area contributed by atoms with Crippen LogP contribution in [0.25, 0.3) is 6.08 Å². The number of carbonyl (C=O) groups excluding carboxylic acids is 1. The van der Waals surface area contributed by atoms with Crippen LogP contribution in [0.2, 0.25) is 5.15 Å². The zero-order valence-electron chi connectivity index (χ0n) is 10.6. The van der Waals surface area contributed by atoms with E-state index in [1.54, 1.807) is 6.07 Å². The van der Waals surface area contributed by atoms with Gasteiger partial charge in [0.25, 0.3) is 0 Å². The highest BCUT2D eigenvalue weighted by Gasteiger charge is 2.29. The lowest BCUT2D eigenvalue weighted by Crippen LogP contribution is -2.04. The van der Waals surface area contributed by atoms with Crippen LogP contribution in [0.3, 0.4) is 0 Å². The highest BCUT2D eigenvalue weighted by Crippen LogP contribution is 2.29. The first kappa shape index (κ1) is 15.3. The molecule has 1 aromatic heterocycles. The molecule has 0 aliphatic heterocycles. The topological polar surface area (TPSA) is 30.0 Å². The number of aromatic nitrogens is 1. The number of allylic oxidation sites excluding steroid dienone is 1. The van der Waals surface area contributed by atoms with Gasteiger partial charge in [0.2, 0.25) is 5.78 Å². The van der Waals surface area contributed by atoms with E-state index in [0.29, 0.717) is 5.56 Å². The molecule has 0 spiro atoms. The van der Waals surface area contributed by atoms with Gasteiger partial charge in [0.1, 0.15) is 10.8 Å². The molecule has 1 heterocycles. The summed E-state index contributed by atoms with van der Waals surface area (Å²) >= 11 is 5.67. The fourth-order valence-electron chi connectivity index (χ4n) is 1.59. The number of benzene rings is 1. The van der Waals surface area contributed by atoms with Gasteiger partial charge in [-0.2, -0.15) is 13.2 Å². The molecule has 0 N–H and O–H groups in total. The molecule has 21 heavy (non-hydrogen) atoms. The van der Waals surface area contributed by atoms with Crippen LogP contribution in [-0.4, -0.2) is 10.8 Å². The van der Waals surface area contributed by atoms with Crippen molar-refractivity contribution in [3.63, 3.8) is 0 Å². The Labute approximate surface area is 123 Å². The van der Waals surface area contributed by atoms with Crippen LogP contribution >= 0.6 is 11.6 Å². The average molecular weight is 312 g/mol. The number of halogens is 4. The van der Waals surface area contributed by atoms with E-state index < -0.39 is 11.7 Å². The zero-order chi connectivity index (χ0) is 15.5. The van der Waals surface area contributed by atoms with Crippen molar-refractivity contribution in [1.29, 1.82) is 0 Å². The Morgan fingerprint density at radius 2 is 1.76 bits per heavy atom. The Kier molecular flexibility index (Phi) is 4.43. The van der Waals surface area contributed by atoms with Crippen LogP contribution in [0.1, 0.15) is 21.6 Å². The summed E-state index contributed by atoms with van der Waals surface area (Å²) in [4.78, 5) is 15.7. The highest BCUT2D eigenvalue weighted by molar-refractivity contribution is 6.29. The summed E-state index contributed by atoms with van der Waals surface area (Å²) in [6, 6.07) is 9.14. The van der Waals surface area contributed by atoms with E-state index in [0.717, 1.165) is 12.1 Å². The van der Waals surface area contributed by atoms with Gasteiger partial charge in [-0.25, -0.2) is 4.98 Å². The zero-order valence-corrected chi connectivity index (χ0v) is 11.3. The van der Waals surface area contributed by atoms with Gasteiger partial charge in [0, 0.05) is 0 Å². The van der Waals surface area contributed by atoms with Gasteiger partial charge in [-0.1, -0.05) is 35.9 Å². The van der Waals surface area contributed by atoms with Crippen molar-refractivity contribution in [2.75, 3.05) is 0 Å². The molecule has 0 aliphatic carbocycles. The number of alkyl halides is 3. The third-order valence-electron chi connectivity index (χ3n) is 2.63. The molecule has 2 rings (SSSR count). The molecule has 0 aliphatic rings. The maximum Gasteiger partial charge on any atom is 0.416 e. The average Bonchev–Trinajstić information content (AvgIpc) is 2.44. The first-order chi connectivity index (χ1) is 9.86. The van der Waals surface area contributed by atoms with Crippen LogP contribution in [0, 0.1) is 0 Å². The molecule has 0 saturated heterocycles. The fraction of sp³-hybridized carbons (Fsp3) is 0.0667. The molecule has 2 nitrogen and oxygen atoms in total. The van der Waals surface area contributed by atoms with E-state index in [1.165, 1.54) is 36.4 Å². The second-order valence-electron chi connectivity index (χ2n) is 4.16. The highest BCUT2D eigenvalue weighted by atomic mass is 35.5. The lowest BCUT2D eigenvalue weighted by molar-refractivity contribution is -0.137. The summed E-state index contributed by atoms with van der Waals surface area (Å²) in [5.74, 6) is -0.377. The summed E-state index contributed by atoms with van der Waals surface area (Å²) in [6.45, 7) is 0.